The highest BCUT2D eigenvalue weighted by Crippen LogP contribution is 2.30. The number of rotatable bonds is 4. The fourth-order valence-corrected chi connectivity index (χ4v) is 1.79. The molecule has 0 heterocycles. The minimum atomic E-state index is -0.724. The first-order chi connectivity index (χ1) is 8.61. The van der Waals surface area contributed by atoms with Gasteiger partial charge in [0, 0.05) is 12.6 Å². The Bertz CT molecular complexity index is 503. The van der Waals surface area contributed by atoms with Gasteiger partial charge in [-0.2, -0.15) is 0 Å². The lowest BCUT2D eigenvalue weighted by atomic mass is 10.1. The van der Waals surface area contributed by atoms with Crippen molar-refractivity contribution < 1.29 is 14.3 Å². The Morgan fingerprint density at radius 2 is 2.28 bits per heavy atom. The number of carbonyl (C=O) groups excluding carboxylic acids is 1. The molecule has 0 radical (unpaired) electrons. The Kier molecular flexibility index (Phi) is 3.52. The van der Waals surface area contributed by atoms with Crippen LogP contribution in [0.25, 0.3) is 0 Å². The van der Waals surface area contributed by atoms with Crippen LogP contribution in [0.2, 0.25) is 0 Å². The molecule has 0 aliphatic heterocycles. The van der Waals surface area contributed by atoms with Gasteiger partial charge in [-0.15, -0.1) is 6.42 Å². The highest BCUT2D eigenvalue weighted by atomic mass is 19.1. The van der Waals surface area contributed by atoms with E-state index < -0.39 is 11.7 Å². The Balaban J connectivity index is 2.18. The first kappa shape index (κ1) is 12.4. The number of phenolic OH excluding ortho intramolecular Hbond substituents is 1. The van der Waals surface area contributed by atoms with E-state index >= 15 is 0 Å². The zero-order valence-corrected chi connectivity index (χ0v) is 9.90. The van der Waals surface area contributed by atoms with Gasteiger partial charge in [0.1, 0.15) is 11.6 Å². The molecular formula is C14H14FNO2. The summed E-state index contributed by atoms with van der Waals surface area (Å²) in [6.07, 6.45) is 7.41. The number of terminal acetylenes is 1. The normalized spacial score (nSPS) is 14.0. The van der Waals surface area contributed by atoms with Crippen LogP contribution in [0, 0.1) is 24.1 Å². The molecule has 0 bridgehead atoms. The summed E-state index contributed by atoms with van der Waals surface area (Å²) in [7, 11) is 0. The van der Waals surface area contributed by atoms with Crippen molar-refractivity contribution in [2.45, 2.75) is 12.8 Å². The van der Waals surface area contributed by atoms with Gasteiger partial charge in [0.15, 0.2) is 0 Å². The minimum Gasteiger partial charge on any atom is -0.508 e. The third-order valence-corrected chi connectivity index (χ3v) is 2.93. The van der Waals surface area contributed by atoms with Crippen molar-refractivity contribution in [3.63, 3.8) is 0 Å². The third-order valence-electron chi connectivity index (χ3n) is 2.93. The van der Waals surface area contributed by atoms with Crippen LogP contribution < -0.4 is 0 Å². The van der Waals surface area contributed by atoms with Crippen molar-refractivity contribution >= 4 is 5.91 Å². The summed E-state index contributed by atoms with van der Waals surface area (Å²) in [6.45, 7) is 0.749. The van der Waals surface area contributed by atoms with Gasteiger partial charge in [0.2, 0.25) is 0 Å². The van der Waals surface area contributed by atoms with Crippen molar-refractivity contribution in [3.05, 3.63) is 29.6 Å². The highest BCUT2D eigenvalue weighted by Gasteiger charge is 2.27. The monoisotopic (exact) mass is 247 g/mol. The number of amides is 1. The van der Waals surface area contributed by atoms with Gasteiger partial charge < -0.3 is 10.0 Å². The first-order valence-corrected chi connectivity index (χ1v) is 5.83. The Labute approximate surface area is 105 Å². The Hall–Kier alpha value is -2.02. The minimum absolute atomic E-state index is 0.0521. The molecule has 1 aliphatic rings. The smallest absolute Gasteiger partial charge is 0.257 e. The number of hydrogen-bond donors (Lipinski definition) is 1. The largest absolute Gasteiger partial charge is 0.508 e. The number of halogens is 1. The van der Waals surface area contributed by atoms with E-state index in [2.05, 4.69) is 5.92 Å². The van der Waals surface area contributed by atoms with Gasteiger partial charge in [-0.25, -0.2) is 4.39 Å². The van der Waals surface area contributed by atoms with Gasteiger partial charge in [-0.3, -0.25) is 4.79 Å². The molecule has 0 spiro atoms. The summed E-state index contributed by atoms with van der Waals surface area (Å²) in [4.78, 5) is 13.6. The number of nitrogens with zero attached hydrogens (tertiary/aromatic N) is 1. The summed E-state index contributed by atoms with van der Waals surface area (Å²) in [5.41, 5.74) is -0.0521. The molecule has 2 rings (SSSR count). The fraction of sp³-hybridized carbons (Fsp3) is 0.357. The van der Waals surface area contributed by atoms with Gasteiger partial charge in [0.25, 0.3) is 5.91 Å². The zero-order valence-electron chi connectivity index (χ0n) is 9.90. The predicted molar refractivity (Wildman–Crippen MR) is 65.5 cm³/mol. The van der Waals surface area contributed by atoms with E-state index in [0.717, 1.165) is 18.9 Å². The van der Waals surface area contributed by atoms with E-state index in [0.29, 0.717) is 12.5 Å². The molecule has 0 saturated heterocycles. The molecule has 1 N–H and O–H groups in total. The summed E-state index contributed by atoms with van der Waals surface area (Å²) >= 11 is 0. The van der Waals surface area contributed by atoms with E-state index in [1.807, 2.05) is 0 Å². The van der Waals surface area contributed by atoms with E-state index in [9.17, 15) is 9.18 Å². The van der Waals surface area contributed by atoms with Crippen molar-refractivity contribution in [3.8, 4) is 18.1 Å². The lowest BCUT2D eigenvalue weighted by molar-refractivity contribution is 0.0765. The number of aromatic hydroxyl groups is 1. The van der Waals surface area contributed by atoms with E-state index in [-0.39, 0.29) is 17.9 Å². The fourth-order valence-electron chi connectivity index (χ4n) is 1.79. The molecule has 0 unspecified atom stereocenters. The highest BCUT2D eigenvalue weighted by molar-refractivity contribution is 5.94. The van der Waals surface area contributed by atoms with Crippen LogP contribution in [-0.4, -0.2) is 29.0 Å². The average Bonchev–Trinajstić information content (AvgIpc) is 3.11. The molecule has 1 aliphatic carbocycles. The van der Waals surface area contributed by atoms with Crippen molar-refractivity contribution in [2.75, 3.05) is 13.1 Å². The van der Waals surface area contributed by atoms with Crippen molar-refractivity contribution in [1.29, 1.82) is 0 Å². The SMILES string of the molecule is C#CCN(CC1CC1)C(=O)c1ccc(O)cc1F. The van der Waals surface area contributed by atoms with Crippen LogP contribution in [0.3, 0.4) is 0 Å². The second-order valence-electron chi connectivity index (χ2n) is 4.50. The van der Waals surface area contributed by atoms with Crippen LogP contribution in [-0.2, 0) is 0 Å². The summed E-state index contributed by atoms with van der Waals surface area (Å²) in [6, 6.07) is 3.50. The lowest BCUT2D eigenvalue weighted by Gasteiger charge is -2.20. The van der Waals surface area contributed by atoms with Gasteiger partial charge in [-0.05, 0) is 30.9 Å². The van der Waals surface area contributed by atoms with Crippen LogP contribution in [0.1, 0.15) is 23.2 Å². The molecule has 1 fully saturated rings. The number of phenols is 1. The van der Waals surface area contributed by atoms with Crippen LogP contribution >= 0.6 is 0 Å². The number of carbonyl (C=O) groups is 1. The molecule has 1 saturated carbocycles. The number of benzene rings is 1. The standard InChI is InChI=1S/C14H14FNO2/c1-2-7-16(9-10-3-4-10)14(18)12-6-5-11(17)8-13(12)15/h1,5-6,8,10,17H,3-4,7,9H2. The van der Waals surface area contributed by atoms with Gasteiger partial charge in [0.05, 0.1) is 12.1 Å². The van der Waals surface area contributed by atoms with Crippen LogP contribution in [0.15, 0.2) is 18.2 Å². The topological polar surface area (TPSA) is 40.5 Å². The summed E-state index contributed by atoms with van der Waals surface area (Å²) < 4.78 is 13.6. The second-order valence-corrected chi connectivity index (χ2v) is 4.50. The summed E-state index contributed by atoms with van der Waals surface area (Å²) in [5.74, 6) is 1.56. The molecule has 1 aromatic rings. The van der Waals surface area contributed by atoms with Crippen molar-refractivity contribution in [2.24, 2.45) is 5.92 Å². The summed E-state index contributed by atoms with van der Waals surface area (Å²) in [5, 5.41) is 9.12. The van der Waals surface area contributed by atoms with Crippen molar-refractivity contribution in [1.82, 2.24) is 4.90 Å². The molecule has 1 amide bonds. The molecule has 4 heteroatoms. The van der Waals surface area contributed by atoms with E-state index in [4.69, 9.17) is 11.5 Å². The van der Waals surface area contributed by atoms with Crippen LogP contribution in [0.5, 0.6) is 5.75 Å². The van der Waals surface area contributed by atoms with Crippen LogP contribution in [0.4, 0.5) is 4.39 Å². The second kappa shape index (κ2) is 5.09. The maximum Gasteiger partial charge on any atom is 0.257 e. The van der Waals surface area contributed by atoms with Gasteiger partial charge in [-0.1, -0.05) is 5.92 Å². The third kappa shape index (κ3) is 2.80. The Morgan fingerprint density at radius 1 is 1.56 bits per heavy atom. The number of hydrogen-bond acceptors (Lipinski definition) is 2. The zero-order chi connectivity index (χ0) is 13.1. The van der Waals surface area contributed by atoms with Gasteiger partial charge >= 0.3 is 0 Å². The van der Waals surface area contributed by atoms with E-state index in [1.165, 1.54) is 17.0 Å². The molecule has 3 nitrogen and oxygen atoms in total. The average molecular weight is 247 g/mol. The molecule has 94 valence electrons. The predicted octanol–water partition coefficient (Wildman–Crippen LogP) is 2.02. The molecule has 18 heavy (non-hydrogen) atoms. The quantitative estimate of drug-likeness (QED) is 0.827. The molecule has 0 atom stereocenters. The maximum atomic E-state index is 13.6. The molecular weight excluding hydrogens is 233 g/mol. The Morgan fingerprint density at radius 3 is 2.83 bits per heavy atom. The first-order valence-electron chi connectivity index (χ1n) is 5.83. The molecule has 1 aromatic carbocycles. The molecule has 0 aromatic heterocycles. The lowest BCUT2D eigenvalue weighted by Crippen LogP contribution is -2.33. The maximum absolute atomic E-state index is 13.6. The van der Waals surface area contributed by atoms with E-state index in [1.54, 1.807) is 0 Å².